The summed E-state index contributed by atoms with van der Waals surface area (Å²) in [6, 6.07) is 3.44. The van der Waals surface area contributed by atoms with Gasteiger partial charge in [0.25, 0.3) is 0 Å². The Kier molecular flexibility index (Phi) is 3.99. The fourth-order valence-electron chi connectivity index (χ4n) is 2.49. The van der Waals surface area contributed by atoms with Gasteiger partial charge in [0.1, 0.15) is 11.5 Å². The molecule has 1 unspecified atom stereocenters. The molecule has 0 radical (unpaired) electrons. The van der Waals surface area contributed by atoms with Crippen molar-refractivity contribution in [3.8, 4) is 11.5 Å². The van der Waals surface area contributed by atoms with Crippen molar-refractivity contribution in [2.75, 3.05) is 34.0 Å². The molecule has 1 aromatic carbocycles. The van der Waals surface area contributed by atoms with E-state index in [2.05, 4.69) is 0 Å². The zero-order valence-corrected chi connectivity index (χ0v) is 11.6. The van der Waals surface area contributed by atoms with Crippen LogP contribution < -0.4 is 15.2 Å². The third-order valence-electron chi connectivity index (χ3n) is 3.90. The summed E-state index contributed by atoms with van der Waals surface area (Å²) in [4.78, 5) is 0. The Hall–Kier alpha value is -1.30. The van der Waals surface area contributed by atoms with Gasteiger partial charge in [0, 0.05) is 17.2 Å². The molecular formula is C14H21NO4. The van der Waals surface area contributed by atoms with Crippen LogP contribution in [0, 0.1) is 12.3 Å². The highest BCUT2D eigenvalue weighted by Crippen LogP contribution is 2.43. The molecule has 0 amide bonds. The maximum Gasteiger partial charge on any atom is 0.130 e. The molecule has 19 heavy (non-hydrogen) atoms. The first kappa shape index (κ1) is 14.1. The number of hydrogen-bond acceptors (Lipinski definition) is 5. The summed E-state index contributed by atoms with van der Waals surface area (Å²) >= 11 is 0. The average molecular weight is 267 g/mol. The number of hydrogen-bond donors (Lipinski definition) is 2. The molecule has 1 fully saturated rings. The molecule has 1 aliphatic heterocycles. The van der Waals surface area contributed by atoms with E-state index in [0.717, 1.165) is 16.9 Å². The van der Waals surface area contributed by atoms with Gasteiger partial charge in [-0.1, -0.05) is 6.07 Å². The molecule has 2 rings (SSSR count). The number of benzene rings is 1. The standard InChI is InChI=1S/C14H21NO4/c1-9-11(17-2)5-4-10(12(9)18-3)13(15)14(6-16)7-19-8-14/h4-5,13,16H,6-8,15H2,1-3H3. The Balaban J connectivity index is 2.42. The van der Waals surface area contributed by atoms with Crippen LogP contribution in [-0.4, -0.2) is 39.1 Å². The van der Waals surface area contributed by atoms with Crippen molar-refractivity contribution in [2.45, 2.75) is 13.0 Å². The van der Waals surface area contributed by atoms with Gasteiger partial charge in [0.2, 0.25) is 0 Å². The maximum atomic E-state index is 9.58. The number of rotatable bonds is 5. The Morgan fingerprint density at radius 1 is 1.37 bits per heavy atom. The minimum Gasteiger partial charge on any atom is -0.496 e. The fraction of sp³-hybridized carbons (Fsp3) is 0.571. The van der Waals surface area contributed by atoms with E-state index < -0.39 is 5.41 Å². The number of ether oxygens (including phenoxy) is 3. The van der Waals surface area contributed by atoms with E-state index in [-0.39, 0.29) is 12.6 Å². The van der Waals surface area contributed by atoms with Crippen LogP contribution in [0.3, 0.4) is 0 Å². The second kappa shape index (κ2) is 5.36. The van der Waals surface area contributed by atoms with Gasteiger partial charge in [-0.05, 0) is 13.0 Å². The minimum absolute atomic E-state index is 0.00238. The summed E-state index contributed by atoms with van der Waals surface area (Å²) in [5.41, 5.74) is 7.70. The van der Waals surface area contributed by atoms with Gasteiger partial charge in [0.05, 0.1) is 39.5 Å². The van der Waals surface area contributed by atoms with Crippen LogP contribution in [0.15, 0.2) is 12.1 Å². The molecule has 106 valence electrons. The molecule has 1 atom stereocenters. The lowest BCUT2D eigenvalue weighted by Gasteiger charge is -2.44. The van der Waals surface area contributed by atoms with E-state index in [0.29, 0.717) is 19.0 Å². The summed E-state index contributed by atoms with van der Waals surface area (Å²) < 4.78 is 16.0. The summed E-state index contributed by atoms with van der Waals surface area (Å²) in [5, 5.41) is 9.58. The lowest BCUT2D eigenvalue weighted by Crippen LogP contribution is -2.52. The summed E-state index contributed by atoms with van der Waals surface area (Å²) in [5.74, 6) is 1.47. The predicted molar refractivity (Wildman–Crippen MR) is 71.5 cm³/mol. The van der Waals surface area contributed by atoms with E-state index in [1.165, 1.54) is 0 Å². The van der Waals surface area contributed by atoms with Gasteiger partial charge in [-0.25, -0.2) is 0 Å². The maximum absolute atomic E-state index is 9.58. The SMILES string of the molecule is COc1ccc(C(N)C2(CO)COC2)c(OC)c1C. The van der Waals surface area contributed by atoms with E-state index in [1.54, 1.807) is 14.2 Å². The van der Waals surface area contributed by atoms with Crippen molar-refractivity contribution < 1.29 is 19.3 Å². The molecule has 0 aliphatic carbocycles. The first-order valence-corrected chi connectivity index (χ1v) is 6.25. The van der Waals surface area contributed by atoms with Gasteiger partial charge in [0.15, 0.2) is 0 Å². The summed E-state index contributed by atoms with van der Waals surface area (Å²) in [6.07, 6.45) is 0. The monoisotopic (exact) mass is 267 g/mol. The first-order chi connectivity index (χ1) is 9.09. The molecule has 5 nitrogen and oxygen atoms in total. The molecule has 0 bridgehead atoms. The summed E-state index contributed by atoms with van der Waals surface area (Å²) in [7, 11) is 3.23. The molecule has 5 heteroatoms. The molecule has 0 aromatic heterocycles. The number of aliphatic hydroxyl groups excluding tert-OH is 1. The predicted octanol–water partition coefficient (Wildman–Crippen LogP) is 1.02. The van der Waals surface area contributed by atoms with E-state index in [4.69, 9.17) is 19.9 Å². The number of nitrogens with two attached hydrogens (primary N) is 1. The van der Waals surface area contributed by atoms with Gasteiger partial charge >= 0.3 is 0 Å². The van der Waals surface area contributed by atoms with Gasteiger partial charge in [-0.2, -0.15) is 0 Å². The highest BCUT2D eigenvalue weighted by molar-refractivity contribution is 5.51. The van der Waals surface area contributed by atoms with Crippen LogP contribution in [0.5, 0.6) is 11.5 Å². The van der Waals surface area contributed by atoms with Crippen LogP contribution >= 0.6 is 0 Å². The van der Waals surface area contributed by atoms with E-state index >= 15 is 0 Å². The van der Waals surface area contributed by atoms with E-state index in [1.807, 2.05) is 19.1 Å². The van der Waals surface area contributed by atoms with Crippen LogP contribution in [0.4, 0.5) is 0 Å². The van der Waals surface area contributed by atoms with Crippen molar-refractivity contribution in [2.24, 2.45) is 11.1 Å². The quantitative estimate of drug-likeness (QED) is 0.833. The summed E-state index contributed by atoms with van der Waals surface area (Å²) in [6.45, 7) is 2.87. The topological polar surface area (TPSA) is 73.9 Å². The van der Waals surface area contributed by atoms with Crippen LogP contribution in [-0.2, 0) is 4.74 Å². The average Bonchev–Trinajstić information content (AvgIpc) is 2.37. The second-order valence-electron chi connectivity index (χ2n) is 5.01. The number of methoxy groups -OCH3 is 2. The highest BCUT2D eigenvalue weighted by atomic mass is 16.5. The zero-order chi connectivity index (χ0) is 14.0. The zero-order valence-electron chi connectivity index (χ0n) is 11.6. The lowest BCUT2D eigenvalue weighted by atomic mass is 9.76. The minimum atomic E-state index is -0.408. The molecule has 1 aliphatic rings. The first-order valence-electron chi connectivity index (χ1n) is 6.25. The Morgan fingerprint density at radius 3 is 2.47 bits per heavy atom. The smallest absolute Gasteiger partial charge is 0.130 e. The number of aliphatic hydroxyl groups is 1. The van der Waals surface area contributed by atoms with Crippen LogP contribution in [0.1, 0.15) is 17.2 Å². The van der Waals surface area contributed by atoms with Gasteiger partial charge in [-0.15, -0.1) is 0 Å². The van der Waals surface area contributed by atoms with Gasteiger partial charge < -0.3 is 25.1 Å². The lowest BCUT2D eigenvalue weighted by molar-refractivity contribution is -0.150. The molecule has 1 aromatic rings. The van der Waals surface area contributed by atoms with Crippen molar-refractivity contribution >= 4 is 0 Å². The van der Waals surface area contributed by atoms with Crippen molar-refractivity contribution in [1.29, 1.82) is 0 Å². The largest absolute Gasteiger partial charge is 0.496 e. The van der Waals surface area contributed by atoms with Crippen molar-refractivity contribution in [3.05, 3.63) is 23.3 Å². The molecule has 1 saturated heterocycles. The molecule has 3 N–H and O–H groups in total. The third kappa shape index (κ3) is 2.18. The van der Waals surface area contributed by atoms with E-state index in [9.17, 15) is 5.11 Å². The molecule has 0 spiro atoms. The molecular weight excluding hydrogens is 246 g/mol. The Bertz CT molecular complexity index is 451. The van der Waals surface area contributed by atoms with Gasteiger partial charge in [-0.3, -0.25) is 0 Å². The second-order valence-corrected chi connectivity index (χ2v) is 5.01. The highest BCUT2D eigenvalue weighted by Gasteiger charge is 2.45. The van der Waals surface area contributed by atoms with Crippen LogP contribution in [0.2, 0.25) is 0 Å². The molecule has 1 heterocycles. The Morgan fingerprint density at radius 2 is 2.05 bits per heavy atom. The fourth-order valence-corrected chi connectivity index (χ4v) is 2.49. The van der Waals surface area contributed by atoms with Crippen LogP contribution in [0.25, 0.3) is 0 Å². The normalized spacial score (nSPS) is 18.6. The molecule has 0 saturated carbocycles. The van der Waals surface area contributed by atoms with Crippen molar-refractivity contribution in [3.63, 3.8) is 0 Å². The Labute approximate surface area is 113 Å². The van der Waals surface area contributed by atoms with Crippen molar-refractivity contribution in [1.82, 2.24) is 0 Å². The third-order valence-corrected chi connectivity index (χ3v) is 3.90.